The summed E-state index contributed by atoms with van der Waals surface area (Å²) in [6.07, 6.45) is 0.850. The summed E-state index contributed by atoms with van der Waals surface area (Å²) in [7, 11) is -3.63. The minimum absolute atomic E-state index is 0.138. The normalized spacial score (nSPS) is 13.9. The third kappa shape index (κ3) is 5.55. The largest absolute Gasteiger partial charge is 0.494 e. The molecule has 0 aromatic heterocycles. The molecule has 0 saturated heterocycles. The molecule has 0 radical (unpaired) electrons. The molecule has 0 bridgehead atoms. The molecule has 8 heteroatoms. The predicted octanol–water partition coefficient (Wildman–Crippen LogP) is 4.67. The molecule has 1 aliphatic rings. The SMILES string of the molecule is CCOc1ccc(CC(=O)Nc2ccc3c(c2)CN(S(=O)(=O)c2ccc(Cl)cc2)CC3)cc1. The number of carbonyl (C=O) groups excluding carboxylic acids is 1. The van der Waals surface area contributed by atoms with Crippen LogP contribution in [0.2, 0.25) is 5.02 Å². The Bertz CT molecular complexity index is 1240. The molecule has 0 spiro atoms. The van der Waals surface area contributed by atoms with Crippen LogP contribution in [0, 0.1) is 0 Å². The van der Waals surface area contributed by atoms with Gasteiger partial charge in [0.2, 0.25) is 15.9 Å². The van der Waals surface area contributed by atoms with Crippen LogP contribution in [-0.4, -0.2) is 31.8 Å². The molecule has 0 aliphatic carbocycles. The first-order chi connectivity index (χ1) is 15.8. The predicted molar refractivity (Wildman–Crippen MR) is 129 cm³/mol. The maximum Gasteiger partial charge on any atom is 0.243 e. The van der Waals surface area contributed by atoms with Crippen molar-refractivity contribution in [3.8, 4) is 5.75 Å². The molecule has 6 nitrogen and oxygen atoms in total. The van der Waals surface area contributed by atoms with Gasteiger partial charge in [-0.25, -0.2) is 8.42 Å². The number of ether oxygens (including phenoxy) is 1. The third-order valence-corrected chi connectivity index (χ3v) is 7.63. The van der Waals surface area contributed by atoms with Gasteiger partial charge in [0.1, 0.15) is 5.75 Å². The van der Waals surface area contributed by atoms with E-state index in [0.717, 1.165) is 22.4 Å². The van der Waals surface area contributed by atoms with Gasteiger partial charge in [0, 0.05) is 23.8 Å². The summed E-state index contributed by atoms with van der Waals surface area (Å²) in [5.41, 5.74) is 3.50. The average molecular weight is 485 g/mol. The Morgan fingerprint density at radius 1 is 1.03 bits per heavy atom. The molecule has 172 valence electrons. The molecular formula is C25H25ClN2O4S. The van der Waals surface area contributed by atoms with Crippen molar-refractivity contribution < 1.29 is 17.9 Å². The van der Waals surface area contributed by atoms with Gasteiger partial charge in [-0.3, -0.25) is 4.79 Å². The smallest absolute Gasteiger partial charge is 0.243 e. The Kier molecular flexibility index (Phi) is 7.02. The van der Waals surface area contributed by atoms with Crippen LogP contribution in [-0.2, 0) is 34.2 Å². The van der Waals surface area contributed by atoms with E-state index >= 15 is 0 Å². The highest BCUT2D eigenvalue weighted by atomic mass is 35.5. The van der Waals surface area contributed by atoms with E-state index in [1.54, 1.807) is 12.1 Å². The molecule has 4 rings (SSSR count). The second kappa shape index (κ2) is 9.95. The molecule has 1 amide bonds. The Labute approximate surface area is 199 Å². The lowest BCUT2D eigenvalue weighted by atomic mass is 10.0. The van der Waals surface area contributed by atoms with E-state index in [-0.39, 0.29) is 23.8 Å². The topological polar surface area (TPSA) is 75.7 Å². The van der Waals surface area contributed by atoms with Gasteiger partial charge in [-0.2, -0.15) is 4.31 Å². The number of nitrogens with zero attached hydrogens (tertiary/aromatic N) is 1. The van der Waals surface area contributed by atoms with Crippen LogP contribution < -0.4 is 10.1 Å². The molecular weight excluding hydrogens is 460 g/mol. The Morgan fingerprint density at radius 3 is 2.45 bits per heavy atom. The van der Waals surface area contributed by atoms with Crippen molar-refractivity contribution >= 4 is 33.2 Å². The van der Waals surface area contributed by atoms with Gasteiger partial charge in [0.05, 0.1) is 17.9 Å². The van der Waals surface area contributed by atoms with Crippen molar-refractivity contribution in [2.45, 2.75) is 31.2 Å². The van der Waals surface area contributed by atoms with E-state index in [2.05, 4.69) is 5.32 Å². The molecule has 3 aromatic carbocycles. The zero-order valence-electron chi connectivity index (χ0n) is 18.3. The first-order valence-electron chi connectivity index (χ1n) is 10.7. The zero-order valence-corrected chi connectivity index (χ0v) is 19.8. The molecule has 1 aliphatic heterocycles. The summed E-state index contributed by atoms with van der Waals surface area (Å²) in [5.74, 6) is 0.634. The number of fused-ring (bicyclic) bond motifs is 1. The van der Waals surface area contributed by atoms with Crippen molar-refractivity contribution in [1.82, 2.24) is 4.31 Å². The molecule has 3 aromatic rings. The van der Waals surface area contributed by atoms with Gasteiger partial charge in [-0.1, -0.05) is 29.8 Å². The lowest BCUT2D eigenvalue weighted by Crippen LogP contribution is -2.36. The van der Waals surface area contributed by atoms with Gasteiger partial charge in [0.25, 0.3) is 0 Å². The fourth-order valence-electron chi connectivity index (χ4n) is 3.83. The van der Waals surface area contributed by atoms with Crippen molar-refractivity contribution in [3.05, 3.63) is 88.4 Å². The maximum atomic E-state index is 13.0. The van der Waals surface area contributed by atoms with Gasteiger partial charge in [0.15, 0.2) is 0 Å². The lowest BCUT2D eigenvalue weighted by Gasteiger charge is -2.28. The van der Waals surface area contributed by atoms with Crippen LogP contribution in [0.3, 0.4) is 0 Å². The molecule has 0 fully saturated rings. The number of hydrogen-bond acceptors (Lipinski definition) is 4. The summed E-state index contributed by atoms with van der Waals surface area (Å²) in [6, 6.07) is 19.3. The summed E-state index contributed by atoms with van der Waals surface area (Å²) in [6.45, 7) is 3.17. The quantitative estimate of drug-likeness (QED) is 0.529. The monoisotopic (exact) mass is 484 g/mol. The fourth-order valence-corrected chi connectivity index (χ4v) is 5.38. The summed E-state index contributed by atoms with van der Waals surface area (Å²) >= 11 is 5.90. The number of carbonyl (C=O) groups is 1. The van der Waals surface area contributed by atoms with E-state index in [9.17, 15) is 13.2 Å². The Balaban J connectivity index is 1.44. The van der Waals surface area contributed by atoms with Crippen LogP contribution in [0.4, 0.5) is 5.69 Å². The highest BCUT2D eigenvalue weighted by Crippen LogP contribution is 2.27. The van der Waals surface area contributed by atoms with Crippen molar-refractivity contribution in [3.63, 3.8) is 0 Å². The van der Waals surface area contributed by atoms with E-state index in [1.165, 1.54) is 16.4 Å². The highest BCUT2D eigenvalue weighted by Gasteiger charge is 2.28. The van der Waals surface area contributed by atoms with Gasteiger partial charge < -0.3 is 10.1 Å². The van der Waals surface area contributed by atoms with Crippen LogP contribution in [0.5, 0.6) is 5.75 Å². The van der Waals surface area contributed by atoms with E-state index in [1.807, 2.05) is 49.4 Å². The maximum absolute atomic E-state index is 13.0. The van der Waals surface area contributed by atoms with E-state index in [4.69, 9.17) is 16.3 Å². The van der Waals surface area contributed by atoms with Crippen LogP contribution in [0.15, 0.2) is 71.6 Å². The summed E-state index contributed by atoms with van der Waals surface area (Å²) in [5, 5.41) is 3.41. The lowest BCUT2D eigenvalue weighted by molar-refractivity contribution is -0.115. The summed E-state index contributed by atoms with van der Waals surface area (Å²) in [4.78, 5) is 12.8. The van der Waals surface area contributed by atoms with Crippen LogP contribution in [0.1, 0.15) is 23.6 Å². The zero-order chi connectivity index (χ0) is 23.4. The molecule has 33 heavy (non-hydrogen) atoms. The first kappa shape index (κ1) is 23.3. The first-order valence-corrected chi connectivity index (χ1v) is 12.6. The number of amides is 1. The van der Waals surface area contributed by atoms with E-state index in [0.29, 0.717) is 30.3 Å². The minimum atomic E-state index is -3.63. The number of rotatable bonds is 7. The minimum Gasteiger partial charge on any atom is -0.494 e. The van der Waals surface area contributed by atoms with Crippen LogP contribution in [0.25, 0.3) is 0 Å². The standard InChI is InChI=1S/C25H25ClN2O4S/c1-2-32-23-9-3-18(4-10-23)15-25(29)27-22-8-5-19-13-14-28(17-20(19)16-22)33(30,31)24-11-6-21(26)7-12-24/h3-12,16H,2,13-15,17H2,1H3,(H,27,29). The number of sulfonamides is 1. The third-order valence-electron chi connectivity index (χ3n) is 5.52. The second-order valence-electron chi connectivity index (χ2n) is 7.83. The average Bonchev–Trinajstić information content (AvgIpc) is 2.80. The van der Waals surface area contributed by atoms with Gasteiger partial charge in [-0.05, 0) is 78.6 Å². The second-order valence-corrected chi connectivity index (χ2v) is 10.2. The molecule has 0 atom stereocenters. The van der Waals surface area contributed by atoms with Gasteiger partial charge in [-0.15, -0.1) is 0 Å². The summed E-state index contributed by atoms with van der Waals surface area (Å²) < 4.78 is 33.0. The fraction of sp³-hybridized carbons (Fsp3) is 0.240. The Hall–Kier alpha value is -2.87. The van der Waals surface area contributed by atoms with Crippen molar-refractivity contribution in [2.24, 2.45) is 0 Å². The van der Waals surface area contributed by atoms with Crippen molar-refractivity contribution in [2.75, 3.05) is 18.5 Å². The number of nitrogens with one attached hydrogen (secondary N) is 1. The van der Waals surface area contributed by atoms with Gasteiger partial charge >= 0.3 is 0 Å². The number of hydrogen-bond donors (Lipinski definition) is 1. The molecule has 0 saturated carbocycles. The molecule has 0 unspecified atom stereocenters. The van der Waals surface area contributed by atoms with Crippen molar-refractivity contribution in [1.29, 1.82) is 0 Å². The number of halogens is 1. The molecule has 1 heterocycles. The van der Waals surface area contributed by atoms with E-state index < -0.39 is 10.0 Å². The highest BCUT2D eigenvalue weighted by molar-refractivity contribution is 7.89. The van der Waals surface area contributed by atoms with Crippen LogP contribution >= 0.6 is 11.6 Å². The molecule has 1 N–H and O–H groups in total. The number of anilines is 1. The Morgan fingerprint density at radius 2 is 1.76 bits per heavy atom. The number of benzene rings is 3.